The van der Waals surface area contributed by atoms with Crippen molar-refractivity contribution in [3.05, 3.63) is 10.6 Å². The molecule has 2 unspecified atom stereocenters. The van der Waals surface area contributed by atoms with Crippen LogP contribution in [0.2, 0.25) is 0 Å². The molecule has 0 aromatic carbocycles. The molecular weight excluding hydrogens is 202 g/mol. The third kappa shape index (κ3) is 2.06. The van der Waals surface area contributed by atoms with E-state index in [1.807, 2.05) is 0 Å². The van der Waals surface area contributed by atoms with Crippen molar-refractivity contribution in [3.63, 3.8) is 0 Å². The number of epoxide rings is 1. The van der Waals surface area contributed by atoms with E-state index in [1.165, 1.54) is 4.88 Å². The van der Waals surface area contributed by atoms with Crippen molar-refractivity contribution in [2.24, 2.45) is 0 Å². The standard InChI is InChI=1S/C9H13NOS2/c1-4-7-8(11-7)13-9-10-5(2)6(3)12-9/h7-8H,4H2,1-3H3. The molecule has 0 aliphatic carbocycles. The topological polar surface area (TPSA) is 25.4 Å². The highest BCUT2D eigenvalue weighted by Crippen LogP contribution is 2.41. The highest BCUT2D eigenvalue weighted by atomic mass is 32.2. The minimum atomic E-state index is 0.370. The number of thiazole rings is 1. The number of hydrogen-bond acceptors (Lipinski definition) is 4. The molecule has 2 heterocycles. The number of aromatic nitrogens is 1. The molecule has 4 heteroatoms. The lowest BCUT2D eigenvalue weighted by molar-refractivity contribution is 0.395. The van der Waals surface area contributed by atoms with Crippen LogP contribution in [0, 0.1) is 13.8 Å². The van der Waals surface area contributed by atoms with Gasteiger partial charge in [0.1, 0.15) is 5.44 Å². The van der Waals surface area contributed by atoms with Crippen LogP contribution in [0.25, 0.3) is 0 Å². The van der Waals surface area contributed by atoms with Crippen LogP contribution in [0.1, 0.15) is 23.9 Å². The van der Waals surface area contributed by atoms with Gasteiger partial charge in [-0.15, -0.1) is 11.3 Å². The number of hydrogen-bond donors (Lipinski definition) is 0. The summed E-state index contributed by atoms with van der Waals surface area (Å²) in [5.41, 5.74) is 1.52. The molecule has 1 fully saturated rings. The van der Waals surface area contributed by atoms with Crippen molar-refractivity contribution in [1.82, 2.24) is 4.98 Å². The van der Waals surface area contributed by atoms with Gasteiger partial charge in [0.15, 0.2) is 4.34 Å². The molecule has 1 aromatic rings. The summed E-state index contributed by atoms with van der Waals surface area (Å²) in [7, 11) is 0. The molecule has 0 spiro atoms. The van der Waals surface area contributed by atoms with Gasteiger partial charge in [0.25, 0.3) is 0 Å². The van der Waals surface area contributed by atoms with E-state index in [1.54, 1.807) is 23.1 Å². The number of nitrogens with zero attached hydrogens (tertiary/aromatic N) is 1. The average molecular weight is 215 g/mol. The van der Waals surface area contributed by atoms with Gasteiger partial charge in [-0.1, -0.05) is 18.7 Å². The monoisotopic (exact) mass is 215 g/mol. The van der Waals surface area contributed by atoms with Gasteiger partial charge in [-0.25, -0.2) is 4.98 Å². The summed E-state index contributed by atoms with van der Waals surface area (Å²) in [4.78, 5) is 5.78. The Morgan fingerprint density at radius 1 is 1.54 bits per heavy atom. The normalized spacial score (nSPS) is 26.4. The summed E-state index contributed by atoms with van der Waals surface area (Å²) >= 11 is 3.53. The van der Waals surface area contributed by atoms with Crippen LogP contribution in [0.4, 0.5) is 0 Å². The van der Waals surface area contributed by atoms with Crippen molar-refractivity contribution in [2.45, 2.75) is 43.1 Å². The van der Waals surface area contributed by atoms with Gasteiger partial charge in [-0.3, -0.25) is 0 Å². The van der Waals surface area contributed by atoms with Gasteiger partial charge in [-0.05, 0) is 20.3 Å². The Kier molecular flexibility index (Phi) is 2.62. The van der Waals surface area contributed by atoms with Gasteiger partial charge in [0.2, 0.25) is 0 Å². The zero-order chi connectivity index (χ0) is 9.42. The second kappa shape index (κ2) is 3.59. The molecule has 0 N–H and O–H groups in total. The lowest BCUT2D eigenvalue weighted by atomic mass is 10.4. The molecule has 13 heavy (non-hydrogen) atoms. The van der Waals surface area contributed by atoms with Crippen LogP contribution in [0.5, 0.6) is 0 Å². The first-order valence-corrected chi connectivity index (χ1v) is 6.16. The highest BCUT2D eigenvalue weighted by Gasteiger charge is 2.38. The molecule has 1 aromatic heterocycles. The lowest BCUT2D eigenvalue weighted by Crippen LogP contribution is -1.85. The van der Waals surface area contributed by atoms with Crippen LogP contribution >= 0.6 is 23.1 Å². The van der Waals surface area contributed by atoms with E-state index < -0.39 is 0 Å². The molecule has 1 aliphatic rings. The Hall–Kier alpha value is -0.0600. The maximum Gasteiger partial charge on any atom is 0.152 e. The lowest BCUT2D eigenvalue weighted by Gasteiger charge is -1.87. The first-order chi connectivity index (χ1) is 6.20. The highest BCUT2D eigenvalue weighted by molar-refractivity contribution is 8.01. The quantitative estimate of drug-likeness (QED) is 0.725. The predicted octanol–water partition coefficient (Wildman–Crippen LogP) is 2.99. The number of ether oxygens (including phenoxy) is 1. The Labute approximate surface area is 86.7 Å². The smallest absolute Gasteiger partial charge is 0.152 e. The molecule has 0 radical (unpaired) electrons. The van der Waals surface area contributed by atoms with Gasteiger partial charge >= 0.3 is 0 Å². The minimum absolute atomic E-state index is 0.370. The molecular formula is C9H13NOS2. The van der Waals surface area contributed by atoms with Crippen molar-refractivity contribution in [1.29, 1.82) is 0 Å². The first kappa shape index (κ1) is 9.49. The maximum absolute atomic E-state index is 5.45. The van der Waals surface area contributed by atoms with Crippen molar-refractivity contribution in [3.8, 4) is 0 Å². The Bertz CT molecular complexity index is 291. The fraction of sp³-hybridized carbons (Fsp3) is 0.667. The first-order valence-electron chi connectivity index (χ1n) is 4.47. The average Bonchev–Trinajstić information content (AvgIpc) is 2.75. The van der Waals surface area contributed by atoms with E-state index in [4.69, 9.17) is 4.74 Å². The molecule has 0 saturated carbocycles. The largest absolute Gasteiger partial charge is 0.358 e. The summed E-state index contributed by atoms with van der Waals surface area (Å²) in [6, 6.07) is 0. The van der Waals surface area contributed by atoms with E-state index in [-0.39, 0.29) is 0 Å². The molecule has 1 aliphatic heterocycles. The van der Waals surface area contributed by atoms with E-state index in [9.17, 15) is 0 Å². The molecule has 72 valence electrons. The summed E-state index contributed by atoms with van der Waals surface area (Å²) < 4.78 is 6.60. The summed E-state index contributed by atoms with van der Waals surface area (Å²) in [5, 5.41) is 0. The third-order valence-electron chi connectivity index (χ3n) is 2.16. The maximum atomic E-state index is 5.45. The van der Waals surface area contributed by atoms with Crippen LogP contribution in [-0.2, 0) is 4.74 Å². The molecule has 1 saturated heterocycles. The summed E-state index contributed by atoms with van der Waals surface area (Å²) in [6.07, 6.45) is 1.58. The van der Waals surface area contributed by atoms with Gasteiger partial charge in [0, 0.05) is 4.88 Å². The summed E-state index contributed by atoms with van der Waals surface area (Å²) in [5.74, 6) is 0. The fourth-order valence-corrected chi connectivity index (χ4v) is 3.53. The van der Waals surface area contributed by atoms with Crippen molar-refractivity contribution in [2.75, 3.05) is 0 Å². The molecule has 2 nitrogen and oxygen atoms in total. The molecule has 2 atom stereocenters. The second-order valence-corrected chi connectivity index (χ2v) is 5.74. The van der Waals surface area contributed by atoms with Crippen molar-refractivity contribution < 1.29 is 4.74 Å². The predicted molar refractivity (Wildman–Crippen MR) is 56.4 cm³/mol. The SMILES string of the molecule is CCC1OC1Sc1nc(C)c(C)s1. The third-order valence-corrected chi connectivity index (χ3v) is 4.51. The van der Waals surface area contributed by atoms with E-state index in [0.29, 0.717) is 11.5 Å². The van der Waals surface area contributed by atoms with Crippen LogP contribution in [0.15, 0.2) is 4.34 Å². The van der Waals surface area contributed by atoms with Crippen LogP contribution < -0.4 is 0 Å². The van der Waals surface area contributed by atoms with Gasteiger partial charge in [-0.2, -0.15) is 0 Å². The van der Waals surface area contributed by atoms with E-state index in [2.05, 4.69) is 25.8 Å². The van der Waals surface area contributed by atoms with Crippen molar-refractivity contribution >= 4 is 23.1 Å². The Balaban J connectivity index is 1.95. The fourth-order valence-electron chi connectivity index (χ4n) is 1.11. The van der Waals surface area contributed by atoms with Crippen LogP contribution in [0.3, 0.4) is 0 Å². The zero-order valence-electron chi connectivity index (χ0n) is 8.03. The second-order valence-electron chi connectivity index (χ2n) is 3.19. The van der Waals surface area contributed by atoms with Crippen LogP contribution in [-0.4, -0.2) is 16.5 Å². The van der Waals surface area contributed by atoms with E-state index in [0.717, 1.165) is 16.5 Å². The van der Waals surface area contributed by atoms with E-state index >= 15 is 0 Å². The number of aryl methyl sites for hydroxylation is 2. The molecule has 2 rings (SSSR count). The molecule has 0 amide bonds. The number of thioether (sulfide) groups is 1. The zero-order valence-corrected chi connectivity index (χ0v) is 9.67. The summed E-state index contributed by atoms with van der Waals surface area (Å²) in [6.45, 7) is 6.33. The Morgan fingerprint density at radius 2 is 2.31 bits per heavy atom. The molecule has 0 bridgehead atoms. The Morgan fingerprint density at radius 3 is 2.77 bits per heavy atom. The van der Waals surface area contributed by atoms with Gasteiger partial charge in [0.05, 0.1) is 11.8 Å². The number of rotatable bonds is 3. The minimum Gasteiger partial charge on any atom is -0.358 e. The van der Waals surface area contributed by atoms with Gasteiger partial charge < -0.3 is 4.74 Å².